The summed E-state index contributed by atoms with van der Waals surface area (Å²) in [6.45, 7) is 2.19. The van der Waals surface area contributed by atoms with Crippen molar-refractivity contribution >= 4 is 11.9 Å². The number of carbonyl (C=O) groups excluding carboxylic acids is 1. The first kappa shape index (κ1) is 17.7. The molecule has 0 bridgehead atoms. The van der Waals surface area contributed by atoms with Gasteiger partial charge in [0, 0.05) is 11.1 Å². The summed E-state index contributed by atoms with van der Waals surface area (Å²) < 4.78 is 0. The Morgan fingerprint density at radius 2 is 1.92 bits per heavy atom. The van der Waals surface area contributed by atoms with Gasteiger partial charge in [0.25, 0.3) is 0 Å². The molecule has 5 heteroatoms. The van der Waals surface area contributed by atoms with Gasteiger partial charge in [-0.2, -0.15) is 0 Å². The lowest BCUT2D eigenvalue weighted by Crippen LogP contribution is -2.12. The molecular weight excluding hydrogens is 324 g/mol. The van der Waals surface area contributed by atoms with Crippen LogP contribution in [0, 0.1) is 0 Å². The van der Waals surface area contributed by atoms with Crippen LogP contribution in [0.1, 0.15) is 42.1 Å². The lowest BCUT2D eigenvalue weighted by Gasteiger charge is -2.11. The van der Waals surface area contributed by atoms with E-state index in [0.29, 0.717) is 11.5 Å². The number of primary amides is 1. The van der Waals surface area contributed by atoms with Gasteiger partial charge in [-0.05, 0) is 41.7 Å². The van der Waals surface area contributed by atoms with Gasteiger partial charge in [-0.15, -0.1) is 0 Å². The average molecular weight is 348 g/mol. The van der Waals surface area contributed by atoms with Crippen molar-refractivity contribution in [2.45, 2.75) is 32.6 Å². The Bertz CT molecular complexity index is 914. The predicted molar refractivity (Wildman–Crippen MR) is 106 cm³/mol. The molecule has 0 saturated heterocycles. The molecule has 5 N–H and O–H groups in total. The molecular formula is C21H24N4O. The zero-order valence-electron chi connectivity index (χ0n) is 15.0. The van der Waals surface area contributed by atoms with Gasteiger partial charge in [0.2, 0.25) is 5.91 Å². The maximum absolute atomic E-state index is 11.9. The fraction of sp³-hybridized carbons (Fsp3) is 0.238. The molecule has 0 spiro atoms. The van der Waals surface area contributed by atoms with Gasteiger partial charge in [-0.1, -0.05) is 50.1 Å². The number of hydrogen-bond donors (Lipinski definition) is 3. The van der Waals surface area contributed by atoms with Gasteiger partial charge in [0.1, 0.15) is 0 Å². The molecule has 1 aromatic heterocycles. The number of nitrogens with zero attached hydrogens (tertiary/aromatic N) is 1. The minimum absolute atomic E-state index is 0.376. The second kappa shape index (κ2) is 7.87. The van der Waals surface area contributed by atoms with Crippen LogP contribution in [0.15, 0.2) is 48.7 Å². The highest BCUT2D eigenvalue weighted by Crippen LogP contribution is 2.29. The first-order chi connectivity index (χ1) is 12.6. The summed E-state index contributed by atoms with van der Waals surface area (Å²) in [5.41, 5.74) is 16.6. The van der Waals surface area contributed by atoms with E-state index in [2.05, 4.69) is 23.0 Å². The van der Waals surface area contributed by atoms with E-state index in [0.717, 1.165) is 35.2 Å². The van der Waals surface area contributed by atoms with Gasteiger partial charge in [-0.25, -0.2) is 4.98 Å². The smallest absolute Gasteiger partial charge is 0.249 e. The third-order valence-electron chi connectivity index (χ3n) is 4.50. The number of rotatable bonds is 7. The summed E-state index contributed by atoms with van der Waals surface area (Å²) in [7, 11) is 0. The van der Waals surface area contributed by atoms with Crippen molar-refractivity contribution in [2.24, 2.45) is 5.73 Å². The maximum atomic E-state index is 11.9. The quantitative estimate of drug-likeness (QED) is 0.559. The highest BCUT2D eigenvalue weighted by atomic mass is 16.1. The summed E-state index contributed by atoms with van der Waals surface area (Å²) >= 11 is 0. The number of unbranched alkanes of at least 4 members (excludes halogenated alkanes) is 2. The molecule has 1 amide bonds. The summed E-state index contributed by atoms with van der Waals surface area (Å²) in [4.78, 5) is 19.0. The number of aryl methyl sites for hydroxylation is 1. The number of nitrogens with one attached hydrogen (secondary N) is 1. The number of hydrogen-bond acceptors (Lipinski definition) is 3. The van der Waals surface area contributed by atoms with Crippen molar-refractivity contribution in [3.8, 4) is 22.4 Å². The number of amides is 1. The third-order valence-corrected chi connectivity index (χ3v) is 4.50. The monoisotopic (exact) mass is 348 g/mol. The zero-order valence-corrected chi connectivity index (χ0v) is 15.0. The fourth-order valence-corrected chi connectivity index (χ4v) is 3.12. The summed E-state index contributed by atoms with van der Waals surface area (Å²) in [6.07, 6.45) is 6.21. The van der Waals surface area contributed by atoms with E-state index in [1.165, 1.54) is 18.4 Å². The highest BCUT2D eigenvalue weighted by molar-refractivity contribution is 6.00. The number of benzene rings is 2. The molecule has 0 atom stereocenters. The number of aromatic amines is 1. The van der Waals surface area contributed by atoms with Crippen LogP contribution < -0.4 is 11.5 Å². The molecule has 26 heavy (non-hydrogen) atoms. The van der Waals surface area contributed by atoms with Crippen molar-refractivity contribution in [1.29, 1.82) is 0 Å². The van der Waals surface area contributed by atoms with Crippen LogP contribution >= 0.6 is 0 Å². The van der Waals surface area contributed by atoms with Crippen LogP contribution in [-0.4, -0.2) is 15.9 Å². The van der Waals surface area contributed by atoms with Crippen LogP contribution in [0.25, 0.3) is 22.4 Å². The first-order valence-electron chi connectivity index (χ1n) is 8.92. The van der Waals surface area contributed by atoms with Crippen LogP contribution in [0.4, 0.5) is 5.95 Å². The molecule has 0 aliphatic heterocycles. The third kappa shape index (κ3) is 3.94. The van der Waals surface area contributed by atoms with E-state index in [1.807, 2.05) is 36.4 Å². The van der Waals surface area contributed by atoms with Gasteiger partial charge in [0.15, 0.2) is 5.95 Å². The van der Waals surface area contributed by atoms with Crippen LogP contribution in [0.2, 0.25) is 0 Å². The van der Waals surface area contributed by atoms with Crippen LogP contribution in [-0.2, 0) is 6.42 Å². The Balaban J connectivity index is 2.01. The second-order valence-corrected chi connectivity index (χ2v) is 6.46. The molecule has 134 valence electrons. The number of nitrogen functional groups attached to an aromatic ring is 1. The van der Waals surface area contributed by atoms with Gasteiger partial charge >= 0.3 is 0 Å². The van der Waals surface area contributed by atoms with E-state index in [1.54, 1.807) is 6.20 Å². The van der Waals surface area contributed by atoms with E-state index >= 15 is 0 Å². The fourth-order valence-electron chi connectivity index (χ4n) is 3.12. The van der Waals surface area contributed by atoms with Crippen LogP contribution in [0.3, 0.4) is 0 Å². The number of H-pyrrole nitrogens is 1. The topological polar surface area (TPSA) is 97.8 Å². The second-order valence-electron chi connectivity index (χ2n) is 6.46. The summed E-state index contributed by atoms with van der Waals surface area (Å²) in [5.74, 6) is -0.0440. The number of imidazole rings is 1. The van der Waals surface area contributed by atoms with Crippen molar-refractivity contribution < 1.29 is 4.79 Å². The molecule has 3 aromatic rings. The molecule has 5 nitrogen and oxygen atoms in total. The summed E-state index contributed by atoms with van der Waals surface area (Å²) in [5, 5.41) is 0. The van der Waals surface area contributed by atoms with E-state index in [4.69, 9.17) is 11.5 Å². The normalized spacial score (nSPS) is 10.8. The minimum atomic E-state index is -0.420. The average Bonchev–Trinajstić information content (AvgIpc) is 3.08. The Morgan fingerprint density at radius 1 is 1.12 bits per heavy atom. The standard InChI is InChI=1S/C21H24N4O/c1-2-3-4-6-14-9-10-17(20(22)26)18(11-14)15-7-5-8-16(12-15)19-13-24-21(23)25-19/h5,7-13H,2-4,6H2,1H3,(H2,22,26)(H3,23,24,25). The molecule has 0 saturated carbocycles. The van der Waals surface area contributed by atoms with Crippen molar-refractivity contribution in [2.75, 3.05) is 5.73 Å². The lowest BCUT2D eigenvalue weighted by molar-refractivity contribution is 0.100. The first-order valence-corrected chi connectivity index (χ1v) is 8.92. The largest absolute Gasteiger partial charge is 0.369 e. The van der Waals surface area contributed by atoms with Gasteiger partial charge in [-0.3, -0.25) is 4.79 Å². The highest BCUT2D eigenvalue weighted by Gasteiger charge is 2.12. The van der Waals surface area contributed by atoms with Crippen molar-refractivity contribution in [1.82, 2.24) is 9.97 Å². The summed E-state index contributed by atoms with van der Waals surface area (Å²) in [6, 6.07) is 13.8. The van der Waals surface area contributed by atoms with E-state index < -0.39 is 5.91 Å². The molecule has 0 fully saturated rings. The molecule has 0 aliphatic carbocycles. The zero-order chi connectivity index (χ0) is 18.5. The molecule has 1 heterocycles. The van der Waals surface area contributed by atoms with Crippen LogP contribution in [0.5, 0.6) is 0 Å². The number of nitrogens with two attached hydrogens (primary N) is 2. The molecule has 0 aliphatic rings. The maximum Gasteiger partial charge on any atom is 0.249 e. The minimum Gasteiger partial charge on any atom is -0.369 e. The van der Waals surface area contributed by atoms with E-state index in [-0.39, 0.29) is 0 Å². The number of anilines is 1. The lowest BCUT2D eigenvalue weighted by atomic mass is 9.93. The van der Waals surface area contributed by atoms with Crippen molar-refractivity contribution in [3.63, 3.8) is 0 Å². The molecule has 3 rings (SSSR count). The number of carbonyl (C=O) groups is 1. The molecule has 0 radical (unpaired) electrons. The number of aromatic nitrogens is 2. The Labute approximate surface area is 153 Å². The Hall–Kier alpha value is -3.08. The van der Waals surface area contributed by atoms with Gasteiger partial charge in [0.05, 0.1) is 11.9 Å². The SMILES string of the molecule is CCCCCc1ccc(C(N)=O)c(-c2cccc(-c3cnc(N)[nH]3)c2)c1. The Kier molecular flexibility index (Phi) is 5.37. The Morgan fingerprint density at radius 3 is 2.62 bits per heavy atom. The predicted octanol–water partition coefficient (Wildman–Crippen LogP) is 4.16. The van der Waals surface area contributed by atoms with E-state index in [9.17, 15) is 4.79 Å². The molecule has 2 aromatic carbocycles. The molecule has 0 unspecified atom stereocenters. The van der Waals surface area contributed by atoms with Gasteiger partial charge < -0.3 is 16.5 Å². The van der Waals surface area contributed by atoms with Crippen molar-refractivity contribution in [3.05, 3.63) is 59.8 Å².